The first-order valence-corrected chi connectivity index (χ1v) is 11.3. The third kappa shape index (κ3) is 5.61. The number of carbonyl (C=O) groups excluding carboxylic acids is 2. The van der Waals surface area contributed by atoms with Gasteiger partial charge < -0.3 is 26.3 Å². The third-order valence-electron chi connectivity index (χ3n) is 5.74. The molecule has 1 fully saturated rings. The van der Waals surface area contributed by atoms with Gasteiger partial charge in [-0.1, -0.05) is 30.3 Å². The van der Waals surface area contributed by atoms with Crippen molar-refractivity contribution in [3.05, 3.63) is 65.9 Å². The Bertz CT molecular complexity index is 1190. The van der Waals surface area contributed by atoms with Gasteiger partial charge in [0, 0.05) is 50.2 Å². The van der Waals surface area contributed by atoms with Crippen molar-refractivity contribution in [3.63, 3.8) is 0 Å². The Morgan fingerprint density at radius 2 is 1.77 bits per heavy atom. The van der Waals surface area contributed by atoms with E-state index in [1.807, 2.05) is 54.6 Å². The zero-order valence-electron chi connectivity index (χ0n) is 19.5. The van der Waals surface area contributed by atoms with Gasteiger partial charge >= 0.3 is 0 Å². The van der Waals surface area contributed by atoms with Crippen molar-refractivity contribution in [2.75, 3.05) is 50.0 Å². The van der Waals surface area contributed by atoms with Gasteiger partial charge in [-0.3, -0.25) is 9.59 Å². The second-order valence-electron chi connectivity index (χ2n) is 7.90. The highest BCUT2D eigenvalue weighted by atomic mass is 16.2. The molecule has 0 aliphatic carbocycles. The molecule has 35 heavy (non-hydrogen) atoms. The number of rotatable bonds is 8. The molecule has 1 amide bonds. The summed E-state index contributed by atoms with van der Waals surface area (Å²) in [7, 11) is 1.67. The van der Waals surface area contributed by atoms with E-state index in [1.165, 1.54) is 6.21 Å². The van der Waals surface area contributed by atoms with Gasteiger partial charge in [-0.15, -0.1) is 0 Å². The molecule has 1 aliphatic heterocycles. The number of amides is 1. The molecule has 1 saturated heterocycles. The summed E-state index contributed by atoms with van der Waals surface area (Å²) >= 11 is 0. The van der Waals surface area contributed by atoms with Gasteiger partial charge in [0.1, 0.15) is 5.82 Å². The van der Waals surface area contributed by atoms with Crippen molar-refractivity contribution in [1.82, 2.24) is 20.3 Å². The minimum absolute atomic E-state index is 0.0194. The number of nitrogens with one attached hydrogen (secondary N) is 2. The number of piperazine rings is 1. The summed E-state index contributed by atoms with van der Waals surface area (Å²) in [6.07, 6.45) is 2.23. The molecule has 0 spiro atoms. The van der Waals surface area contributed by atoms with Crippen LogP contribution in [0.1, 0.15) is 16.1 Å². The van der Waals surface area contributed by atoms with E-state index in [0.717, 1.165) is 36.3 Å². The van der Waals surface area contributed by atoms with Crippen molar-refractivity contribution in [2.24, 2.45) is 10.8 Å². The predicted octanol–water partition coefficient (Wildman–Crippen LogP) is 1.86. The summed E-state index contributed by atoms with van der Waals surface area (Å²) in [4.78, 5) is 37.0. The monoisotopic (exact) mass is 472 g/mol. The van der Waals surface area contributed by atoms with Gasteiger partial charge in [-0.2, -0.15) is 5.10 Å². The first-order chi connectivity index (χ1) is 17.1. The summed E-state index contributed by atoms with van der Waals surface area (Å²) in [5, 5.41) is 7.29. The molecule has 3 aromatic rings. The van der Waals surface area contributed by atoms with Crippen molar-refractivity contribution >= 4 is 35.6 Å². The van der Waals surface area contributed by atoms with Gasteiger partial charge in [0.15, 0.2) is 12.1 Å². The lowest BCUT2D eigenvalue weighted by Crippen LogP contribution is -2.50. The topological polar surface area (TPSA) is 129 Å². The predicted molar refractivity (Wildman–Crippen MR) is 137 cm³/mol. The van der Waals surface area contributed by atoms with E-state index >= 15 is 0 Å². The summed E-state index contributed by atoms with van der Waals surface area (Å²) in [5.74, 6) is 0.861. The zero-order valence-corrected chi connectivity index (χ0v) is 19.5. The number of hydrogen-bond acceptors (Lipinski definition) is 9. The number of nitrogens with two attached hydrogens (primary N) is 1. The Kier molecular flexibility index (Phi) is 7.63. The van der Waals surface area contributed by atoms with E-state index in [2.05, 4.69) is 30.7 Å². The van der Waals surface area contributed by atoms with Crippen LogP contribution in [0.3, 0.4) is 0 Å². The van der Waals surface area contributed by atoms with Crippen LogP contribution in [-0.2, 0) is 4.79 Å². The van der Waals surface area contributed by atoms with E-state index in [-0.39, 0.29) is 12.5 Å². The van der Waals surface area contributed by atoms with Crippen LogP contribution < -0.4 is 21.4 Å². The molecular weight excluding hydrogens is 444 g/mol. The number of anilines is 3. The highest BCUT2D eigenvalue weighted by Crippen LogP contribution is 2.26. The number of aldehydes is 1. The highest BCUT2D eigenvalue weighted by molar-refractivity contribution is 5.96. The van der Waals surface area contributed by atoms with Crippen molar-refractivity contribution < 1.29 is 9.59 Å². The largest absolute Gasteiger partial charge is 0.368 e. The highest BCUT2D eigenvalue weighted by Gasteiger charge is 2.20. The van der Waals surface area contributed by atoms with Crippen LogP contribution >= 0.6 is 0 Å². The summed E-state index contributed by atoms with van der Waals surface area (Å²) in [6.45, 7) is 2.83. The van der Waals surface area contributed by atoms with Crippen molar-refractivity contribution in [3.8, 4) is 11.4 Å². The molecular formula is C25H28N8O2. The number of benzene rings is 2. The lowest BCUT2D eigenvalue weighted by Gasteiger charge is -2.36. The Hall–Kier alpha value is -4.31. The number of hydrazone groups is 1. The first-order valence-electron chi connectivity index (χ1n) is 11.3. The minimum Gasteiger partial charge on any atom is -0.368 e. The fourth-order valence-corrected chi connectivity index (χ4v) is 3.87. The molecule has 0 bridgehead atoms. The molecule has 0 saturated carbocycles. The average molecular weight is 473 g/mol. The fourth-order valence-electron chi connectivity index (χ4n) is 3.87. The molecule has 0 radical (unpaired) electrons. The summed E-state index contributed by atoms with van der Waals surface area (Å²) in [5.41, 5.74) is 11.5. The number of aromatic nitrogens is 2. The van der Waals surface area contributed by atoms with Crippen LogP contribution in [0.15, 0.2) is 59.7 Å². The van der Waals surface area contributed by atoms with Gasteiger partial charge in [-0.05, 0) is 24.3 Å². The van der Waals surface area contributed by atoms with E-state index in [4.69, 9.17) is 5.73 Å². The van der Waals surface area contributed by atoms with Crippen LogP contribution in [-0.4, -0.2) is 73.0 Å². The Balaban J connectivity index is 1.57. The van der Waals surface area contributed by atoms with Crippen LogP contribution in [0.4, 0.5) is 17.2 Å². The Labute approximate surface area is 203 Å². The zero-order chi connectivity index (χ0) is 24.6. The lowest BCUT2D eigenvalue weighted by atomic mass is 10.1. The van der Waals surface area contributed by atoms with Gasteiger partial charge in [0.05, 0.1) is 24.0 Å². The minimum atomic E-state index is -0.0194. The average Bonchev–Trinajstić information content (AvgIpc) is 2.92. The molecule has 1 aliphatic rings. The van der Waals surface area contributed by atoms with Gasteiger partial charge in [-0.25, -0.2) is 9.97 Å². The van der Waals surface area contributed by atoms with Gasteiger partial charge in [0.2, 0.25) is 5.91 Å². The van der Waals surface area contributed by atoms with Crippen molar-refractivity contribution in [1.29, 1.82) is 0 Å². The van der Waals surface area contributed by atoms with Gasteiger partial charge in [0.25, 0.3) is 0 Å². The quantitative estimate of drug-likeness (QED) is 0.257. The second kappa shape index (κ2) is 11.2. The molecule has 2 aromatic carbocycles. The standard InChI is InChI=1S/C25H28N8O2/c1-27-28-16-22-21(17-34)25(31-24(30-22)18-5-3-2-4-6-18)29-19-7-9-20(10-8-19)32-11-13-33(14-12-32)23(35)15-26/h2-10,16-17,27H,11-15,26H2,1H3,(H,29,30,31)/b28-16-. The van der Waals surface area contributed by atoms with E-state index < -0.39 is 0 Å². The number of carbonyl (C=O) groups is 2. The molecule has 0 atom stereocenters. The maximum atomic E-state index is 12.0. The molecule has 4 rings (SSSR count). The first kappa shape index (κ1) is 23.8. The Morgan fingerprint density at radius 1 is 1.06 bits per heavy atom. The fraction of sp³-hybridized carbons (Fsp3) is 0.240. The van der Waals surface area contributed by atoms with E-state index in [0.29, 0.717) is 36.0 Å². The van der Waals surface area contributed by atoms with Crippen LogP contribution in [0, 0.1) is 0 Å². The normalized spacial score (nSPS) is 13.7. The van der Waals surface area contributed by atoms with E-state index in [1.54, 1.807) is 11.9 Å². The third-order valence-corrected chi connectivity index (χ3v) is 5.74. The molecule has 0 unspecified atom stereocenters. The molecule has 1 aromatic heterocycles. The molecule has 10 heteroatoms. The molecule has 10 nitrogen and oxygen atoms in total. The summed E-state index contributed by atoms with van der Waals surface area (Å²) in [6, 6.07) is 17.4. The molecule has 4 N–H and O–H groups in total. The van der Waals surface area contributed by atoms with Crippen LogP contribution in [0.2, 0.25) is 0 Å². The Morgan fingerprint density at radius 3 is 2.40 bits per heavy atom. The van der Waals surface area contributed by atoms with Crippen LogP contribution in [0.5, 0.6) is 0 Å². The smallest absolute Gasteiger partial charge is 0.236 e. The molecule has 180 valence electrons. The lowest BCUT2D eigenvalue weighted by molar-refractivity contribution is -0.129. The maximum Gasteiger partial charge on any atom is 0.236 e. The second-order valence-corrected chi connectivity index (χ2v) is 7.90. The summed E-state index contributed by atoms with van der Waals surface area (Å²) < 4.78 is 0. The maximum absolute atomic E-state index is 12.0. The SMILES string of the molecule is CN/N=C\c1nc(-c2ccccc2)nc(Nc2ccc(N3CCN(C(=O)CN)CC3)cc2)c1C=O. The molecule has 2 heterocycles. The van der Waals surface area contributed by atoms with Crippen molar-refractivity contribution in [2.45, 2.75) is 0 Å². The number of hydrogen-bond donors (Lipinski definition) is 3. The van der Waals surface area contributed by atoms with Crippen LogP contribution in [0.25, 0.3) is 11.4 Å². The number of nitrogens with zero attached hydrogens (tertiary/aromatic N) is 5. The van der Waals surface area contributed by atoms with E-state index in [9.17, 15) is 9.59 Å².